The number of esters is 1. The van der Waals surface area contributed by atoms with E-state index in [2.05, 4.69) is 0 Å². The first-order valence-electron chi connectivity index (χ1n) is 9.41. The minimum absolute atomic E-state index is 0.119. The molecule has 1 fully saturated rings. The Morgan fingerprint density at radius 3 is 2.53 bits per heavy atom. The molecule has 1 heterocycles. The zero-order valence-electron chi connectivity index (χ0n) is 16.7. The fraction of sp³-hybridized carbons (Fsp3) is 0.550. The van der Waals surface area contributed by atoms with Crippen molar-refractivity contribution in [1.82, 2.24) is 0 Å². The van der Waals surface area contributed by atoms with E-state index in [4.69, 9.17) is 29.2 Å². The lowest BCUT2D eigenvalue weighted by Gasteiger charge is -2.40. The van der Waals surface area contributed by atoms with Crippen molar-refractivity contribution in [3.63, 3.8) is 0 Å². The van der Waals surface area contributed by atoms with E-state index in [1.165, 1.54) is 14.0 Å². The van der Waals surface area contributed by atoms with Crippen LogP contribution in [0.5, 0.6) is 11.5 Å². The number of carbonyl (C=O) groups is 1. The van der Waals surface area contributed by atoms with E-state index in [1.807, 2.05) is 0 Å². The van der Waals surface area contributed by atoms with Crippen LogP contribution < -0.4 is 9.47 Å². The normalized spacial score (nSPS) is 27.6. The molecule has 0 aromatic heterocycles. The van der Waals surface area contributed by atoms with Crippen molar-refractivity contribution in [2.24, 2.45) is 5.92 Å². The van der Waals surface area contributed by atoms with E-state index in [-0.39, 0.29) is 12.4 Å². The minimum Gasteiger partial charge on any atom is -0.493 e. The Morgan fingerprint density at radius 2 is 1.90 bits per heavy atom. The molecule has 0 amide bonds. The van der Waals surface area contributed by atoms with Gasteiger partial charge in [-0.25, -0.2) is 0 Å². The molecule has 10 nitrogen and oxygen atoms in total. The Morgan fingerprint density at radius 1 is 1.17 bits per heavy atom. The number of ether oxygens (including phenoxy) is 4. The molecule has 1 saturated heterocycles. The van der Waals surface area contributed by atoms with Crippen LogP contribution in [-0.2, 0) is 14.3 Å². The first-order chi connectivity index (χ1) is 14.3. The fourth-order valence-electron chi connectivity index (χ4n) is 2.73. The van der Waals surface area contributed by atoms with Crippen LogP contribution in [0.4, 0.5) is 0 Å². The lowest BCUT2D eigenvalue weighted by atomic mass is 9.99. The van der Waals surface area contributed by atoms with Crippen molar-refractivity contribution in [2.75, 3.05) is 26.9 Å². The Hall–Kier alpha value is -2.21. The number of aliphatic hydroxyl groups is 5. The molecule has 2 rings (SSSR count). The summed E-state index contributed by atoms with van der Waals surface area (Å²) in [6, 6.07) is 4.87. The Bertz CT molecular complexity index is 722. The zero-order valence-corrected chi connectivity index (χ0v) is 16.7. The molecule has 5 N–H and O–H groups in total. The molecule has 30 heavy (non-hydrogen) atoms. The summed E-state index contributed by atoms with van der Waals surface area (Å²) in [5.74, 6) is -0.933. The predicted molar refractivity (Wildman–Crippen MR) is 104 cm³/mol. The van der Waals surface area contributed by atoms with Crippen LogP contribution in [0, 0.1) is 5.92 Å². The van der Waals surface area contributed by atoms with Gasteiger partial charge in [0.25, 0.3) is 0 Å². The molecule has 1 aromatic rings. The standard InChI is InChI=1S/C20H28O10/c1-11(9-22)19(26)28-10-15-16(23)17(24)18(25)20(30-15)29-13-6-5-12(4-3-7-21)8-14(13)27-2/h3-6,8,11,15-18,20-25H,7,9-10H2,1-2H3/b4-3+/t11-,15-,16-,17-,18-,20+/m1/s1. The fourth-order valence-corrected chi connectivity index (χ4v) is 2.73. The van der Waals surface area contributed by atoms with E-state index in [0.29, 0.717) is 5.75 Å². The number of methoxy groups -OCH3 is 1. The van der Waals surface area contributed by atoms with Crippen LogP contribution in [0.2, 0.25) is 0 Å². The highest BCUT2D eigenvalue weighted by atomic mass is 16.7. The molecule has 0 bridgehead atoms. The molecular weight excluding hydrogens is 400 g/mol. The van der Waals surface area contributed by atoms with Gasteiger partial charge in [-0.15, -0.1) is 0 Å². The summed E-state index contributed by atoms with van der Waals surface area (Å²) >= 11 is 0. The first-order valence-corrected chi connectivity index (χ1v) is 9.41. The summed E-state index contributed by atoms with van der Waals surface area (Å²) < 4.78 is 21.4. The molecule has 1 aliphatic heterocycles. The number of carbonyl (C=O) groups excluding carboxylic acids is 1. The maximum Gasteiger partial charge on any atom is 0.311 e. The van der Waals surface area contributed by atoms with Gasteiger partial charge in [0.05, 0.1) is 26.2 Å². The minimum atomic E-state index is -1.61. The quantitative estimate of drug-likeness (QED) is 0.311. The molecule has 6 atom stereocenters. The summed E-state index contributed by atoms with van der Waals surface area (Å²) in [5, 5.41) is 48.4. The summed E-state index contributed by atoms with van der Waals surface area (Å²) in [6.07, 6.45) is -4.04. The number of rotatable bonds is 9. The van der Waals surface area contributed by atoms with Gasteiger partial charge in [-0.2, -0.15) is 0 Å². The number of aliphatic hydroxyl groups excluding tert-OH is 5. The molecule has 10 heteroatoms. The predicted octanol–water partition coefficient (Wildman–Crippen LogP) is -0.941. The second-order valence-corrected chi connectivity index (χ2v) is 6.84. The monoisotopic (exact) mass is 428 g/mol. The van der Waals surface area contributed by atoms with Crippen molar-refractivity contribution in [3.8, 4) is 11.5 Å². The van der Waals surface area contributed by atoms with Crippen LogP contribution >= 0.6 is 0 Å². The summed E-state index contributed by atoms with van der Waals surface area (Å²) in [4.78, 5) is 11.7. The van der Waals surface area contributed by atoms with E-state index in [9.17, 15) is 20.1 Å². The lowest BCUT2D eigenvalue weighted by molar-refractivity contribution is -0.279. The van der Waals surface area contributed by atoms with Crippen molar-refractivity contribution >= 4 is 12.0 Å². The van der Waals surface area contributed by atoms with Gasteiger partial charge in [0.1, 0.15) is 31.0 Å². The van der Waals surface area contributed by atoms with Gasteiger partial charge >= 0.3 is 5.97 Å². The van der Waals surface area contributed by atoms with Crippen LogP contribution in [-0.4, -0.2) is 89.1 Å². The number of hydrogen-bond acceptors (Lipinski definition) is 10. The zero-order chi connectivity index (χ0) is 22.3. The van der Waals surface area contributed by atoms with Gasteiger partial charge in [-0.1, -0.05) is 18.2 Å². The third-order valence-electron chi connectivity index (χ3n) is 4.58. The van der Waals surface area contributed by atoms with Gasteiger partial charge in [0, 0.05) is 0 Å². The molecule has 1 aromatic carbocycles. The Kier molecular flexibility index (Phi) is 9.03. The topological polar surface area (TPSA) is 155 Å². The van der Waals surface area contributed by atoms with Crippen molar-refractivity contribution in [3.05, 3.63) is 29.8 Å². The highest BCUT2D eigenvalue weighted by Crippen LogP contribution is 2.32. The van der Waals surface area contributed by atoms with Crippen LogP contribution in [0.3, 0.4) is 0 Å². The third kappa shape index (κ3) is 5.91. The smallest absolute Gasteiger partial charge is 0.311 e. The largest absolute Gasteiger partial charge is 0.493 e. The van der Waals surface area contributed by atoms with E-state index in [1.54, 1.807) is 30.4 Å². The van der Waals surface area contributed by atoms with Gasteiger partial charge in [0.15, 0.2) is 11.5 Å². The van der Waals surface area contributed by atoms with Crippen molar-refractivity contribution < 1.29 is 49.3 Å². The SMILES string of the molecule is COc1cc(/C=C/CO)ccc1O[C@H]1O[C@H](COC(=O)[C@H](C)CO)[C@@H](O)[C@@H](O)[C@H]1O. The van der Waals surface area contributed by atoms with Gasteiger partial charge < -0.3 is 44.5 Å². The Balaban J connectivity index is 2.12. The van der Waals surface area contributed by atoms with E-state index >= 15 is 0 Å². The average molecular weight is 428 g/mol. The van der Waals surface area contributed by atoms with Crippen molar-refractivity contribution in [2.45, 2.75) is 37.6 Å². The summed E-state index contributed by atoms with van der Waals surface area (Å²) in [7, 11) is 1.42. The molecule has 0 unspecified atom stereocenters. The number of benzene rings is 1. The second-order valence-electron chi connectivity index (χ2n) is 6.84. The lowest BCUT2D eigenvalue weighted by Crippen LogP contribution is -2.60. The molecule has 0 saturated carbocycles. The van der Waals surface area contributed by atoms with Crippen LogP contribution in [0.25, 0.3) is 6.08 Å². The van der Waals surface area contributed by atoms with Crippen LogP contribution in [0.1, 0.15) is 12.5 Å². The second kappa shape index (κ2) is 11.3. The van der Waals surface area contributed by atoms with Crippen molar-refractivity contribution in [1.29, 1.82) is 0 Å². The molecule has 0 aliphatic carbocycles. The van der Waals surface area contributed by atoms with Crippen LogP contribution in [0.15, 0.2) is 24.3 Å². The maximum atomic E-state index is 11.7. The maximum absolute atomic E-state index is 11.7. The average Bonchev–Trinajstić information content (AvgIpc) is 2.76. The highest BCUT2D eigenvalue weighted by molar-refractivity contribution is 5.72. The Labute approximate surface area is 173 Å². The summed E-state index contributed by atoms with van der Waals surface area (Å²) in [6.45, 7) is 0.544. The van der Waals surface area contributed by atoms with Gasteiger partial charge in [0.2, 0.25) is 6.29 Å². The number of hydrogen-bond donors (Lipinski definition) is 5. The molecule has 0 spiro atoms. The highest BCUT2D eigenvalue weighted by Gasteiger charge is 2.45. The molecule has 1 aliphatic rings. The molecular formula is C20H28O10. The third-order valence-corrected chi connectivity index (χ3v) is 4.58. The van der Waals surface area contributed by atoms with Gasteiger partial charge in [-0.05, 0) is 24.6 Å². The van der Waals surface area contributed by atoms with E-state index < -0.39 is 55.8 Å². The summed E-state index contributed by atoms with van der Waals surface area (Å²) in [5.41, 5.74) is 0.733. The van der Waals surface area contributed by atoms with Gasteiger partial charge in [-0.3, -0.25) is 4.79 Å². The molecule has 168 valence electrons. The molecule has 0 radical (unpaired) electrons. The van der Waals surface area contributed by atoms with E-state index in [0.717, 1.165) is 5.56 Å². The first kappa shape index (κ1) is 24.1.